The molecule has 3 atom stereocenters. The predicted molar refractivity (Wildman–Crippen MR) is 73.0 cm³/mol. The van der Waals surface area contributed by atoms with Crippen molar-refractivity contribution in [2.75, 3.05) is 0 Å². The van der Waals surface area contributed by atoms with E-state index in [1.807, 2.05) is 6.92 Å². The second-order valence-electron chi connectivity index (χ2n) is 6.09. The Kier molecular flexibility index (Phi) is 3.09. The van der Waals surface area contributed by atoms with Crippen molar-refractivity contribution in [3.63, 3.8) is 0 Å². The number of rotatable bonds is 4. The predicted octanol–water partition coefficient (Wildman–Crippen LogP) is 4.61. The third-order valence-electron chi connectivity index (χ3n) is 4.93. The molecule has 2 aliphatic rings. The highest BCUT2D eigenvalue weighted by Gasteiger charge is 2.75. The van der Waals surface area contributed by atoms with Crippen LogP contribution in [0, 0.1) is 22.7 Å². The molecule has 0 aromatic heterocycles. The van der Waals surface area contributed by atoms with Crippen LogP contribution in [0.2, 0.25) is 0 Å². The number of halogens is 4. The standard InChI is InChI=1S/C12H16Cl4O/c1-9(2)7(11(9,13)14)4-5-10(3)8(6-17)12(10,15)16/h6-8H,4-5H2,1-3H3. The maximum atomic E-state index is 10.9. The van der Waals surface area contributed by atoms with Crippen LogP contribution in [0.3, 0.4) is 0 Å². The zero-order valence-electron chi connectivity index (χ0n) is 10.1. The molecule has 98 valence electrons. The Morgan fingerprint density at radius 1 is 1.06 bits per heavy atom. The van der Waals surface area contributed by atoms with Gasteiger partial charge < -0.3 is 4.79 Å². The van der Waals surface area contributed by atoms with Gasteiger partial charge in [0.2, 0.25) is 0 Å². The molecule has 0 amide bonds. The van der Waals surface area contributed by atoms with Crippen molar-refractivity contribution in [3.8, 4) is 0 Å². The molecule has 0 aliphatic heterocycles. The molecule has 2 rings (SSSR count). The Labute approximate surface area is 122 Å². The van der Waals surface area contributed by atoms with Gasteiger partial charge in [-0.15, -0.1) is 46.4 Å². The molecule has 0 aromatic rings. The molecule has 2 saturated carbocycles. The second kappa shape index (κ2) is 3.69. The van der Waals surface area contributed by atoms with Crippen molar-refractivity contribution in [2.24, 2.45) is 22.7 Å². The number of carbonyl (C=O) groups excluding carboxylic acids is 1. The van der Waals surface area contributed by atoms with E-state index < -0.39 is 8.67 Å². The van der Waals surface area contributed by atoms with Crippen molar-refractivity contribution in [2.45, 2.75) is 42.3 Å². The molecule has 0 saturated heterocycles. The SMILES string of the molecule is CC1(C)C(CCC2(C)C(C=O)C2(Cl)Cl)C1(Cl)Cl. The third kappa shape index (κ3) is 1.69. The monoisotopic (exact) mass is 316 g/mol. The van der Waals surface area contributed by atoms with E-state index in [0.717, 1.165) is 19.1 Å². The topological polar surface area (TPSA) is 17.1 Å². The Morgan fingerprint density at radius 3 is 1.82 bits per heavy atom. The van der Waals surface area contributed by atoms with Crippen molar-refractivity contribution in [1.82, 2.24) is 0 Å². The summed E-state index contributed by atoms with van der Waals surface area (Å²) in [6.45, 7) is 6.06. The number of hydrogen-bond acceptors (Lipinski definition) is 1. The lowest BCUT2D eigenvalue weighted by Crippen LogP contribution is -2.06. The van der Waals surface area contributed by atoms with Crippen molar-refractivity contribution in [3.05, 3.63) is 0 Å². The zero-order valence-corrected chi connectivity index (χ0v) is 13.1. The van der Waals surface area contributed by atoms with Crippen LogP contribution in [0.1, 0.15) is 33.6 Å². The maximum Gasteiger partial charge on any atom is 0.134 e. The molecular formula is C12H16Cl4O. The van der Waals surface area contributed by atoms with E-state index in [1.165, 1.54) is 0 Å². The maximum absolute atomic E-state index is 10.9. The lowest BCUT2D eigenvalue weighted by Gasteiger charge is -2.11. The van der Waals surface area contributed by atoms with Gasteiger partial charge in [0.1, 0.15) is 15.0 Å². The van der Waals surface area contributed by atoms with Crippen LogP contribution in [0.5, 0.6) is 0 Å². The Bertz CT molecular complexity index is 350. The van der Waals surface area contributed by atoms with Crippen LogP contribution in [0.15, 0.2) is 0 Å². The molecule has 0 N–H and O–H groups in total. The lowest BCUT2D eigenvalue weighted by molar-refractivity contribution is -0.109. The van der Waals surface area contributed by atoms with Crippen molar-refractivity contribution in [1.29, 1.82) is 0 Å². The highest BCUT2D eigenvalue weighted by molar-refractivity contribution is 6.53. The molecule has 0 bridgehead atoms. The van der Waals surface area contributed by atoms with Gasteiger partial charge in [-0.25, -0.2) is 0 Å². The first kappa shape index (κ1) is 14.2. The van der Waals surface area contributed by atoms with Gasteiger partial charge >= 0.3 is 0 Å². The summed E-state index contributed by atoms with van der Waals surface area (Å²) in [5.41, 5.74) is -0.403. The largest absolute Gasteiger partial charge is 0.303 e. The van der Waals surface area contributed by atoms with Gasteiger partial charge in [-0.1, -0.05) is 20.8 Å². The van der Waals surface area contributed by atoms with E-state index in [9.17, 15) is 4.79 Å². The van der Waals surface area contributed by atoms with Gasteiger partial charge in [0.25, 0.3) is 0 Å². The van der Waals surface area contributed by atoms with Crippen LogP contribution in [-0.4, -0.2) is 15.0 Å². The fourth-order valence-electron chi connectivity index (χ4n) is 2.92. The summed E-state index contributed by atoms with van der Waals surface area (Å²) < 4.78 is -1.58. The van der Waals surface area contributed by atoms with Crippen molar-refractivity contribution < 1.29 is 4.79 Å². The molecule has 17 heavy (non-hydrogen) atoms. The summed E-state index contributed by atoms with van der Waals surface area (Å²) in [7, 11) is 0. The van der Waals surface area contributed by atoms with Gasteiger partial charge in [-0.3, -0.25) is 0 Å². The number of hydrogen-bond donors (Lipinski definition) is 0. The highest BCUT2D eigenvalue weighted by Crippen LogP contribution is 2.74. The van der Waals surface area contributed by atoms with Gasteiger partial charge in [-0.2, -0.15) is 0 Å². The van der Waals surface area contributed by atoms with Gasteiger partial charge in [-0.05, 0) is 12.8 Å². The summed E-state index contributed by atoms with van der Waals surface area (Å²) in [5, 5.41) is 0. The molecule has 0 radical (unpaired) electrons. The summed E-state index contributed by atoms with van der Waals surface area (Å²) in [4.78, 5) is 10.9. The first-order valence-corrected chi connectivity index (χ1v) is 7.25. The number of aldehydes is 1. The minimum absolute atomic E-state index is 0.0701. The first-order valence-electron chi connectivity index (χ1n) is 5.74. The van der Waals surface area contributed by atoms with E-state index in [0.29, 0.717) is 0 Å². The minimum Gasteiger partial charge on any atom is -0.303 e. The van der Waals surface area contributed by atoms with E-state index >= 15 is 0 Å². The van der Waals surface area contributed by atoms with E-state index in [4.69, 9.17) is 46.4 Å². The number of alkyl halides is 4. The lowest BCUT2D eigenvalue weighted by atomic mass is 9.96. The van der Waals surface area contributed by atoms with E-state index in [2.05, 4.69) is 13.8 Å². The van der Waals surface area contributed by atoms with Gasteiger partial charge in [0.15, 0.2) is 0 Å². The van der Waals surface area contributed by atoms with Crippen molar-refractivity contribution >= 4 is 52.7 Å². The molecule has 2 fully saturated rings. The van der Waals surface area contributed by atoms with Gasteiger partial charge in [0.05, 0.1) is 5.92 Å². The molecule has 0 heterocycles. The van der Waals surface area contributed by atoms with Crippen LogP contribution in [0.25, 0.3) is 0 Å². The molecular weight excluding hydrogens is 302 g/mol. The van der Waals surface area contributed by atoms with Crippen LogP contribution < -0.4 is 0 Å². The normalized spacial score (nSPS) is 44.2. The Morgan fingerprint density at radius 2 is 1.53 bits per heavy atom. The van der Waals surface area contributed by atoms with Crippen LogP contribution >= 0.6 is 46.4 Å². The van der Waals surface area contributed by atoms with Crippen LogP contribution in [0.4, 0.5) is 0 Å². The summed E-state index contributed by atoms with van der Waals surface area (Å²) in [6.07, 6.45) is 2.48. The first-order chi connectivity index (χ1) is 7.53. The average molecular weight is 318 g/mol. The summed E-state index contributed by atoms with van der Waals surface area (Å²) >= 11 is 24.7. The fourth-order valence-corrected chi connectivity index (χ4v) is 4.74. The Hall–Kier alpha value is 0.830. The van der Waals surface area contributed by atoms with E-state index in [-0.39, 0.29) is 22.7 Å². The highest BCUT2D eigenvalue weighted by atomic mass is 35.5. The minimum atomic E-state index is -0.922. The molecule has 0 aromatic carbocycles. The van der Waals surface area contributed by atoms with Crippen LogP contribution in [-0.2, 0) is 4.79 Å². The van der Waals surface area contributed by atoms with E-state index in [1.54, 1.807) is 0 Å². The Balaban J connectivity index is 1.96. The quantitative estimate of drug-likeness (QED) is 0.547. The smallest absolute Gasteiger partial charge is 0.134 e. The average Bonchev–Trinajstić information content (AvgIpc) is 2.75. The molecule has 1 nitrogen and oxygen atoms in total. The summed E-state index contributed by atoms with van der Waals surface area (Å²) in [5.74, 6) is -0.0348. The fraction of sp³-hybridized carbons (Fsp3) is 0.917. The molecule has 0 spiro atoms. The molecule has 2 aliphatic carbocycles. The summed E-state index contributed by atoms with van der Waals surface area (Å²) in [6, 6.07) is 0. The van der Waals surface area contributed by atoms with Gasteiger partial charge in [0, 0.05) is 16.7 Å². The number of carbonyl (C=O) groups is 1. The molecule has 5 heteroatoms. The zero-order chi connectivity index (χ0) is 13.3. The third-order valence-corrected chi connectivity index (χ3v) is 7.76. The second-order valence-corrected chi connectivity index (χ2v) is 8.86. The molecule has 3 unspecified atom stereocenters.